The average molecular weight is 404 g/mol. The van der Waals surface area contributed by atoms with Gasteiger partial charge in [-0.15, -0.1) is 6.58 Å². The second kappa shape index (κ2) is 18.4. The van der Waals surface area contributed by atoms with Crippen LogP contribution in [0.5, 0.6) is 5.75 Å². The summed E-state index contributed by atoms with van der Waals surface area (Å²) < 4.78 is 5.70. The smallest absolute Gasteiger partial charge is 0.149 e. The van der Waals surface area contributed by atoms with Crippen molar-refractivity contribution in [3.63, 3.8) is 0 Å². The van der Waals surface area contributed by atoms with Gasteiger partial charge in [0.15, 0.2) is 0 Å². The molecule has 0 spiro atoms. The first kappa shape index (κ1) is 28.2. The Morgan fingerprint density at radius 3 is 2.07 bits per heavy atom. The number of unbranched alkanes of at least 4 members (excludes halogenated alkanes) is 1. The molecule has 1 rings (SSSR count). The van der Waals surface area contributed by atoms with Gasteiger partial charge >= 0.3 is 0 Å². The summed E-state index contributed by atoms with van der Waals surface area (Å²) in [6, 6.07) is 7.89. The molecule has 7 heteroatoms. The van der Waals surface area contributed by atoms with Gasteiger partial charge in [-0.1, -0.05) is 31.6 Å². The van der Waals surface area contributed by atoms with Crippen LogP contribution in [0.15, 0.2) is 36.4 Å². The van der Waals surface area contributed by atoms with Gasteiger partial charge in [-0.25, -0.2) is 0 Å². The zero-order chi connectivity index (χ0) is 21.1. The molecule has 0 aliphatic rings. The van der Waals surface area contributed by atoms with Gasteiger partial charge in [0.25, 0.3) is 0 Å². The topological polar surface area (TPSA) is 116 Å². The molecule has 0 aliphatic heterocycles. The molecule has 0 aliphatic carbocycles. The number of allylic oxidation sites excluding steroid dienone is 1. The zero-order valence-corrected chi connectivity index (χ0v) is 17.9. The Morgan fingerprint density at radius 2 is 1.63 bits per heavy atom. The molecule has 0 fully saturated rings. The summed E-state index contributed by atoms with van der Waals surface area (Å²) in [6.07, 6.45) is 4.45. The molecular formula is C20H38NO5P. The lowest BCUT2D eigenvalue weighted by Gasteiger charge is -2.24. The highest BCUT2D eigenvalue weighted by Crippen LogP contribution is 2.16. The number of nitrogens with two attached hydrogens (primary N) is 1. The molecular weight excluding hydrogens is 365 g/mol. The second-order valence-electron chi connectivity index (χ2n) is 6.19. The zero-order valence-electron chi connectivity index (χ0n) is 16.9. The van der Waals surface area contributed by atoms with E-state index in [-0.39, 0.29) is 13.2 Å². The van der Waals surface area contributed by atoms with Crippen LogP contribution in [0.25, 0.3) is 0 Å². The van der Waals surface area contributed by atoms with E-state index in [2.05, 4.69) is 6.58 Å². The fourth-order valence-electron chi connectivity index (χ4n) is 2.07. The van der Waals surface area contributed by atoms with Crippen LogP contribution < -0.4 is 10.5 Å². The molecule has 158 valence electrons. The number of aryl methyl sites for hydroxylation is 1. The van der Waals surface area contributed by atoms with Crippen molar-refractivity contribution in [2.75, 3.05) is 19.8 Å². The fourth-order valence-corrected chi connectivity index (χ4v) is 2.07. The summed E-state index contributed by atoms with van der Waals surface area (Å²) >= 11 is 0. The third kappa shape index (κ3) is 15.7. The standard InChI is InChI=1S/C18H29NO3.C2H6.H3O2P/c1-15(2)5-3-4-12-22-17-8-6-16(7-9-17)10-11-18(19,13-20)14-21;1-2;1-3-2/h6-9,20-21H,1,3-5,10-14,19H2,2H3;1-2H3;1-3H. The van der Waals surface area contributed by atoms with Crippen molar-refractivity contribution in [3.05, 3.63) is 42.0 Å². The number of hydrogen-bond donors (Lipinski definition) is 5. The first-order valence-electron chi connectivity index (χ1n) is 9.30. The monoisotopic (exact) mass is 403 g/mol. The molecule has 0 heterocycles. The van der Waals surface area contributed by atoms with Crippen LogP contribution in [0, 0.1) is 0 Å². The first-order valence-corrected chi connectivity index (χ1v) is 10.2. The molecule has 1 aromatic rings. The largest absolute Gasteiger partial charge is 0.494 e. The highest BCUT2D eigenvalue weighted by Gasteiger charge is 2.22. The molecule has 0 saturated heterocycles. The van der Waals surface area contributed by atoms with Crippen molar-refractivity contribution in [1.82, 2.24) is 0 Å². The SMILES string of the molecule is C=C(C)CCCCOc1ccc(CCC(N)(CO)CO)cc1.CC.OPO. The summed E-state index contributed by atoms with van der Waals surface area (Å²) in [4.78, 5) is 14.3. The van der Waals surface area contributed by atoms with Gasteiger partial charge in [0.1, 0.15) is 14.8 Å². The van der Waals surface area contributed by atoms with Crippen LogP contribution in [0.3, 0.4) is 0 Å². The van der Waals surface area contributed by atoms with Gasteiger partial charge in [0.2, 0.25) is 0 Å². The number of ether oxygens (including phenoxy) is 1. The van der Waals surface area contributed by atoms with Crippen molar-refractivity contribution in [2.45, 2.75) is 58.4 Å². The van der Waals surface area contributed by atoms with Crippen molar-refractivity contribution in [3.8, 4) is 5.75 Å². The average Bonchev–Trinajstić information content (AvgIpc) is 2.69. The Balaban J connectivity index is 0. The maximum absolute atomic E-state index is 9.17. The van der Waals surface area contributed by atoms with E-state index in [0.29, 0.717) is 13.0 Å². The molecule has 0 bridgehead atoms. The summed E-state index contributed by atoms with van der Waals surface area (Å²) in [5.74, 6) is 0.863. The minimum Gasteiger partial charge on any atom is -0.494 e. The molecule has 6 N–H and O–H groups in total. The molecule has 0 saturated carbocycles. The van der Waals surface area contributed by atoms with Gasteiger partial charge in [-0.2, -0.15) is 0 Å². The molecule has 0 unspecified atom stereocenters. The summed E-state index contributed by atoms with van der Waals surface area (Å²) in [5, 5.41) is 18.3. The van der Waals surface area contributed by atoms with E-state index >= 15 is 0 Å². The number of aliphatic hydroxyl groups is 2. The molecule has 0 aromatic heterocycles. The van der Waals surface area contributed by atoms with E-state index in [1.54, 1.807) is 0 Å². The second-order valence-corrected chi connectivity index (χ2v) is 6.39. The van der Waals surface area contributed by atoms with Crippen LogP contribution >= 0.6 is 9.03 Å². The van der Waals surface area contributed by atoms with Crippen molar-refractivity contribution >= 4 is 9.03 Å². The Hall–Kier alpha value is -1.01. The van der Waals surface area contributed by atoms with Gasteiger partial charge in [0.05, 0.1) is 25.4 Å². The molecule has 0 amide bonds. The van der Waals surface area contributed by atoms with Crippen molar-refractivity contribution in [1.29, 1.82) is 0 Å². The Bertz CT molecular complexity index is 464. The minimum absolute atomic E-state index is 0.213. The minimum atomic E-state index is -0.917. The third-order valence-electron chi connectivity index (χ3n) is 3.73. The van der Waals surface area contributed by atoms with Gasteiger partial charge in [0, 0.05) is 0 Å². The molecule has 6 nitrogen and oxygen atoms in total. The molecule has 1 aromatic carbocycles. The lowest BCUT2D eigenvalue weighted by Crippen LogP contribution is -2.47. The summed E-state index contributed by atoms with van der Waals surface area (Å²) in [6.45, 7) is 10.2. The summed E-state index contributed by atoms with van der Waals surface area (Å²) in [5.41, 5.74) is 7.29. The van der Waals surface area contributed by atoms with Crippen LogP contribution in [0.1, 0.15) is 52.0 Å². The van der Waals surface area contributed by atoms with Crippen LogP contribution in [-0.4, -0.2) is 45.4 Å². The van der Waals surface area contributed by atoms with Crippen LogP contribution in [0.2, 0.25) is 0 Å². The predicted molar refractivity (Wildman–Crippen MR) is 114 cm³/mol. The fraction of sp³-hybridized carbons (Fsp3) is 0.600. The van der Waals surface area contributed by atoms with Crippen molar-refractivity contribution in [2.24, 2.45) is 5.73 Å². The predicted octanol–water partition coefficient (Wildman–Crippen LogP) is 2.93. The van der Waals surface area contributed by atoms with E-state index in [9.17, 15) is 10.2 Å². The quantitative estimate of drug-likeness (QED) is 0.220. The molecule has 0 atom stereocenters. The third-order valence-corrected chi connectivity index (χ3v) is 3.73. The highest BCUT2D eigenvalue weighted by molar-refractivity contribution is 7.23. The maximum Gasteiger partial charge on any atom is 0.149 e. The normalized spacial score (nSPS) is 10.2. The highest BCUT2D eigenvalue weighted by atomic mass is 31.1. The van der Waals surface area contributed by atoms with E-state index in [0.717, 1.165) is 37.0 Å². The number of benzene rings is 1. The van der Waals surface area contributed by atoms with E-state index in [1.165, 1.54) is 5.57 Å². The maximum atomic E-state index is 9.17. The van der Waals surface area contributed by atoms with E-state index in [4.69, 9.17) is 20.3 Å². The molecule has 27 heavy (non-hydrogen) atoms. The van der Waals surface area contributed by atoms with Crippen molar-refractivity contribution < 1.29 is 24.7 Å². The number of aliphatic hydroxyl groups excluding tert-OH is 2. The van der Waals surface area contributed by atoms with Gasteiger partial charge in [-0.05, 0) is 56.7 Å². The first-order chi connectivity index (χ1) is 12.9. The van der Waals surface area contributed by atoms with E-state index < -0.39 is 14.6 Å². The van der Waals surface area contributed by atoms with Crippen LogP contribution in [0.4, 0.5) is 0 Å². The van der Waals surface area contributed by atoms with Gasteiger partial charge in [-0.3, -0.25) is 0 Å². The number of hydrogen-bond acceptors (Lipinski definition) is 6. The Labute approximate surface area is 166 Å². The Morgan fingerprint density at radius 1 is 1.11 bits per heavy atom. The molecule has 0 radical (unpaired) electrons. The lowest BCUT2D eigenvalue weighted by atomic mass is 9.94. The summed E-state index contributed by atoms with van der Waals surface area (Å²) in [7, 11) is -0.917. The number of rotatable bonds is 11. The van der Waals surface area contributed by atoms with E-state index in [1.807, 2.05) is 45.0 Å². The lowest BCUT2D eigenvalue weighted by molar-refractivity contribution is 0.115. The van der Waals surface area contributed by atoms with Crippen LogP contribution in [-0.2, 0) is 6.42 Å². The Kier molecular flexibility index (Phi) is 19.2. The van der Waals surface area contributed by atoms with Gasteiger partial charge < -0.3 is 30.5 Å².